The van der Waals surface area contributed by atoms with Crippen LogP contribution >= 0.6 is 0 Å². The van der Waals surface area contributed by atoms with Crippen molar-refractivity contribution in [1.29, 1.82) is 0 Å². The maximum atomic E-state index is 6.17. The molecule has 0 bridgehead atoms. The molecule has 2 aliphatic rings. The summed E-state index contributed by atoms with van der Waals surface area (Å²) in [6.07, 6.45) is 11.3. The molecule has 2 heteroatoms. The lowest BCUT2D eigenvalue weighted by molar-refractivity contribution is -0.0199. The molecule has 4 atom stereocenters. The van der Waals surface area contributed by atoms with Crippen LogP contribution in [0.4, 0.5) is 0 Å². The number of hydrogen-bond donors (Lipinski definition) is 1. The average molecular weight is 239 g/mol. The van der Waals surface area contributed by atoms with E-state index < -0.39 is 0 Å². The predicted octanol–water partition coefficient (Wildman–Crippen LogP) is 3.35. The Morgan fingerprint density at radius 2 is 1.76 bits per heavy atom. The van der Waals surface area contributed by atoms with Crippen molar-refractivity contribution in [3.8, 4) is 0 Å². The molecule has 2 fully saturated rings. The molecule has 2 saturated carbocycles. The molecule has 0 aromatic heterocycles. The van der Waals surface area contributed by atoms with E-state index in [1.54, 1.807) is 0 Å². The van der Waals surface area contributed by atoms with E-state index in [1.165, 1.54) is 51.4 Å². The molecule has 0 aliphatic heterocycles. The summed E-state index contributed by atoms with van der Waals surface area (Å²) in [7, 11) is 0. The van der Waals surface area contributed by atoms with Gasteiger partial charge in [-0.2, -0.15) is 0 Å². The maximum absolute atomic E-state index is 6.17. The smallest absolute Gasteiger partial charge is 0.0577 e. The zero-order valence-corrected chi connectivity index (χ0v) is 11.4. The van der Waals surface area contributed by atoms with Gasteiger partial charge in [0.2, 0.25) is 0 Å². The molecule has 100 valence electrons. The molecule has 2 aliphatic carbocycles. The SMILES string of the molecule is CC1CCCC(OCC2CCCCC2CN)C1. The molecule has 0 aromatic carbocycles. The third-order valence-corrected chi connectivity index (χ3v) is 4.80. The summed E-state index contributed by atoms with van der Waals surface area (Å²) in [6.45, 7) is 4.19. The van der Waals surface area contributed by atoms with Crippen molar-refractivity contribution in [2.45, 2.75) is 64.4 Å². The third kappa shape index (κ3) is 3.96. The minimum Gasteiger partial charge on any atom is -0.378 e. The number of ether oxygens (including phenoxy) is 1. The first-order valence-corrected chi connectivity index (χ1v) is 7.61. The Morgan fingerprint density at radius 3 is 2.47 bits per heavy atom. The van der Waals surface area contributed by atoms with Gasteiger partial charge in [-0.1, -0.05) is 32.6 Å². The monoisotopic (exact) mass is 239 g/mol. The highest BCUT2D eigenvalue weighted by Crippen LogP contribution is 2.31. The van der Waals surface area contributed by atoms with Crippen LogP contribution in [0, 0.1) is 17.8 Å². The highest BCUT2D eigenvalue weighted by molar-refractivity contribution is 4.77. The van der Waals surface area contributed by atoms with Gasteiger partial charge in [0.15, 0.2) is 0 Å². The fraction of sp³-hybridized carbons (Fsp3) is 1.00. The van der Waals surface area contributed by atoms with Crippen molar-refractivity contribution < 1.29 is 4.74 Å². The van der Waals surface area contributed by atoms with Gasteiger partial charge >= 0.3 is 0 Å². The molecular formula is C15H29NO. The van der Waals surface area contributed by atoms with E-state index in [0.717, 1.165) is 30.9 Å². The van der Waals surface area contributed by atoms with Crippen LogP contribution in [0.3, 0.4) is 0 Å². The molecule has 2 N–H and O–H groups in total. The number of hydrogen-bond acceptors (Lipinski definition) is 2. The van der Waals surface area contributed by atoms with E-state index in [-0.39, 0.29) is 0 Å². The lowest BCUT2D eigenvalue weighted by Crippen LogP contribution is -2.32. The van der Waals surface area contributed by atoms with Gasteiger partial charge in [0.05, 0.1) is 12.7 Å². The van der Waals surface area contributed by atoms with Crippen molar-refractivity contribution in [2.24, 2.45) is 23.5 Å². The molecule has 0 saturated heterocycles. The standard InChI is InChI=1S/C15H29NO/c1-12-5-4-8-15(9-12)17-11-14-7-3-2-6-13(14)10-16/h12-15H,2-11,16H2,1H3. The Kier molecular flexibility index (Phi) is 5.30. The minimum absolute atomic E-state index is 0.541. The highest BCUT2D eigenvalue weighted by Gasteiger charge is 2.26. The maximum Gasteiger partial charge on any atom is 0.0577 e. The lowest BCUT2D eigenvalue weighted by Gasteiger charge is -2.33. The Morgan fingerprint density at radius 1 is 1.00 bits per heavy atom. The van der Waals surface area contributed by atoms with Crippen LogP contribution in [0.5, 0.6) is 0 Å². The first-order valence-electron chi connectivity index (χ1n) is 7.61. The topological polar surface area (TPSA) is 35.2 Å². The summed E-state index contributed by atoms with van der Waals surface area (Å²) in [5, 5.41) is 0. The van der Waals surface area contributed by atoms with Crippen LogP contribution in [-0.2, 0) is 4.74 Å². The fourth-order valence-electron chi connectivity index (χ4n) is 3.60. The largest absolute Gasteiger partial charge is 0.378 e. The van der Waals surface area contributed by atoms with E-state index in [4.69, 9.17) is 10.5 Å². The molecule has 2 nitrogen and oxygen atoms in total. The molecule has 0 radical (unpaired) electrons. The first kappa shape index (κ1) is 13.4. The zero-order chi connectivity index (χ0) is 12.1. The van der Waals surface area contributed by atoms with E-state index in [0.29, 0.717) is 6.10 Å². The van der Waals surface area contributed by atoms with Crippen molar-refractivity contribution in [3.05, 3.63) is 0 Å². The highest BCUT2D eigenvalue weighted by atomic mass is 16.5. The van der Waals surface area contributed by atoms with Gasteiger partial charge in [-0.15, -0.1) is 0 Å². The van der Waals surface area contributed by atoms with Crippen LogP contribution in [0.2, 0.25) is 0 Å². The molecule has 0 aromatic rings. The second kappa shape index (κ2) is 6.75. The molecular weight excluding hydrogens is 210 g/mol. The first-order chi connectivity index (χ1) is 8.29. The number of rotatable bonds is 4. The third-order valence-electron chi connectivity index (χ3n) is 4.80. The predicted molar refractivity (Wildman–Crippen MR) is 71.9 cm³/mol. The number of nitrogens with two attached hydrogens (primary N) is 1. The van der Waals surface area contributed by atoms with E-state index in [2.05, 4.69) is 6.92 Å². The Balaban J connectivity index is 1.72. The van der Waals surface area contributed by atoms with Gasteiger partial charge in [-0.05, 0) is 50.0 Å². The Hall–Kier alpha value is -0.0800. The lowest BCUT2D eigenvalue weighted by atomic mass is 9.79. The van der Waals surface area contributed by atoms with Gasteiger partial charge in [0.1, 0.15) is 0 Å². The van der Waals surface area contributed by atoms with E-state index in [9.17, 15) is 0 Å². The van der Waals surface area contributed by atoms with Gasteiger partial charge in [0.25, 0.3) is 0 Å². The zero-order valence-electron chi connectivity index (χ0n) is 11.4. The van der Waals surface area contributed by atoms with Gasteiger partial charge in [-0.25, -0.2) is 0 Å². The Bertz CT molecular complexity index is 219. The summed E-state index contributed by atoms with van der Waals surface area (Å²) in [4.78, 5) is 0. The summed E-state index contributed by atoms with van der Waals surface area (Å²) in [6, 6.07) is 0. The Labute approximate surface area is 106 Å². The van der Waals surface area contributed by atoms with Crippen molar-refractivity contribution in [1.82, 2.24) is 0 Å². The summed E-state index contributed by atoms with van der Waals surface area (Å²) < 4.78 is 6.17. The van der Waals surface area contributed by atoms with Crippen LogP contribution < -0.4 is 5.73 Å². The molecule has 17 heavy (non-hydrogen) atoms. The van der Waals surface area contributed by atoms with Crippen LogP contribution in [0.25, 0.3) is 0 Å². The van der Waals surface area contributed by atoms with Crippen molar-refractivity contribution >= 4 is 0 Å². The molecule has 0 amide bonds. The minimum atomic E-state index is 0.541. The molecule has 2 rings (SSSR count). The van der Waals surface area contributed by atoms with Crippen molar-refractivity contribution in [3.63, 3.8) is 0 Å². The van der Waals surface area contributed by atoms with Crippen LogP contribution in [0.1, 0.15) is 58.3 Å². The van der Waals surface area contributed by atoms with Crippen molar-refractivity contribution in [2.75, 3.05) is 13.2 Å². The van der Waals surface area contributed by atoms with Gasteiger partial charge < -0.3 is 10.5 Å². The fourth-order valence-corrected chi connectivity index (χ4v) is 3.60. The van der Waals surface area contributed by atoms with Gasteiger partial charge in [-0.3, -0.25) is 0 Å². The van der Waals surface area contributed by atoms with Gasteiger partial charge in [0, 0.05) is 0 Å². The second-order valence-electron chi connectivity index (χ2n) is 6.27. The average Bonchev–Trinajstić information content (AvgIpc) is 2.37. The molecule has 0 heterocycles. The van der Waals surface area contributed by atoms with Crippen LogP contribution in [-0.4, -0.2) is 19.3 Å². The summed E-state index contributed by atoms with van der Waals surface area (Å²) in [5.74, 6) is 2.33. The normalized spacial score (nSPS) is 39.2. The van der Waals surface area contributed by atoms with E-state index >= 15 is 0 Å². The van der Waals surface area contributed by atoms with Crippen LogP contribution in [0.15, 0.2) is 0 Å². The van der Waals surface area contributed by atoms with E-state index in [1.807, 2.05) is 0 Å². The molecule has 0 spiro atoms. The summed E-state index contributed by atoms with van der Waals surface area (Å²) in [5.41, 5.74) is 5.87. The summed E-state index contributed by atoms with van der Waals surface area (Å²) >= 11 is 0. The molecule has 4 unspecified atom stereocenters. The quantitative estimate of drug-likeness (QED) is 0.816. The second-order valence-corrected chi connectivity index (χ2v) is 6.27.